The van der Waals surface area contributed by atoms with Gasteiger partial charge in [-0.25, -0.2) is 15.2 Å². The highest BCUT2D eigenvalue weighted by molar-refractivity contribution is 5.92. The number of hydrazine groups is 1. The predicted molar refractivity (Wildman–Crippen MR) is 157 cm³/mol. The van der Waals surface area contributed by atoms with Crippen molar-refractivity contribution in [3.05, 3.63) is 108 Å². The molecule has 214 valence electrons. The van der Waals surface area contributed by atoms with E-state index in [0.29, 0.717) is 6.54 Å². The Labute approximate surface area is 243 Å². The number of carbonyl (C=O) groups excluding carboxylic acids is 3. The van der Waals surface area contributed by atoms with E-state index < -0.39 is 24.3 Å². The summed E-state index contributed by atoms with van der Waals surface area (Å²) in [6, 6.07) is 24.1. The molecule has 1 aromatic heterocycles. The number of phenolic OH excluding ortho intramolecular Hbond substituents is 1. The summed E-state index contributed by atoms with van der Waals surface area (Å²) in [5.41, 5.74) is 6.41. The van der Waals surface area contributed by atoms with E-state index >= 15 is 0 Å². The molecule has 2 fully saturated rings. The van der Waals surface area contributed by atoms with Gasteiger partial charge >= 0.3 is 6.03 Å². The first-order chi connectivity index (χ1) is 20.4. The fraction of sp³-hybridized carbons (Fsp3) is 0.250. The first kappa shape index (κ1) is 27.2. The average Bonchev–Trinajstić information content (AvgIpc) is 3.01. The van der Waals surface area contributed by atoms with Gasteiger partial charge in [0.15, 0.2) is 0 Å². The average molecular weight is 565 g/mol. The number of nitrogens with zero attached hydrogens (tertiary/aromatic N) is 4. The summed E-state index contributed by atoms with van der Waals surface area (Å²) in [5, 5.41) is 15.2. The zero-order chi connectivity index (χ0) is 29.2. The number of pyridine rings is 1. The van der Waals surface area contributed by atoms with Crippen molar-refractivity contribution in [1.82, 2.24) is 30.5 Å². The van der Waals surface area contributed by atoms with Crippen LogP contribution in [0.5, 0.6) is 5.75 Å². The molecular weight excluding hydrogens is 532 g/mol. The Morgan fingerprint density at radius 1 is 0.976 bits per heavy atom. The van der Waals surface area contributed by atoms with Crippen molar-refractivity contribution in [1.29, 1.82) is 0 Å². The van der Waals surface area contributed by atoms with Gasteiger partial charge in [-0.3, -0.25) is 14.6 Å². The van der Waals surface area contributed by atoms with Crippen molar-refractivity contribution in [2.45, 2.75) is 44.7 Å². The number of hydrogen-bond acceptors (Lipinski definition) is 6. The lowest BCUT2D eigenvalue weighted by Gasteiger charge is -2.55. The van der Waals surface area contributed by atoms with Crippen molar-refractivity contribution in [3.8, 4) is 5.75 Å². The molecule has 0 radical (unpaired) electrons. The molecule has 0 bridgehead atoms. The topological polar surface area (TPSA) is 118 Å². The predicted octanol–water partition coefficient (Wildman–Crippen LogP) is 3.17. The maximum atomic E-state index is 14.3. The number of urea groups is 1. The molecule has 3 heterocycles. The van der Waals surface area contributed by atoms with E-state index in [1.165, 1.54) is 5.01 Å². The van der Waals surface area contributed by atoms with E-state index in [4.69, 9.17) is 0 Å². The van der Waals surface area contributed by atoms with Gasteiger partial charge in [-0.05, 0) is 41.8 Å². The maximum absolute atomic E-state index is 14.3. The number of fused-ring (bicyclic) bond motifs is 2. The second-order valence-electron chi connectivity index (χ2n) is 10.6. The maximum Gasteiger partial charge on any atom is 0.334 e. The molecular formula is C32H32N6O4. The van der Waals surface area contributed by atoms with Crippen LogP contribution in [0.3, 0.4) is 0 Å². The lowest BCUT2D eigenvalue weighted by atomic mass is 9.94. The first-order valence-electron chi connectivity index (χ1n) is 14.0. The number of nitrogens with one attached hydrogen (secondary N) is 2. The van der Waals surface area contributed by atoms with Crippen molar-refractivity contribution in [2.24, 2.45) is 0 Å². The molecule has 3 N–H and O–H groups in total. The number of aromatic nitrogens is 1. The van der Waals surface area contributed by atoms with Crippen molar-refractivity contribution >= 4 is 28.7 Å². The quantitative estimate of drug-likeness (QED) is 0.331. The number of piperazine rings is 1. The van der Waals surface area contributed by atoms with Crippen molar-refractivity contribution in [3.63, 3.8) is 0 Å². The molecule has 2 aliphatic heterocycles. The molecule has 4 aromatic rings. The van der Waals surface area contributed by atoms with Gasteiger partial charge in [0.2, 0.25) is 11.8 Å². The van der Waals surface area contributed by atoms with E-state index in [-0.39, 0.29) is 37.1 Å². The molecule has 3 aromatic carbocycles. The minimum absolute atomic E-state index is 0.116. The second-order valence-corrected chi connectivity index (χ2v) is 10.6. The lowest BCUT2D eigenvalue weighted by molar-refractivity contribution is -0.177. The monoisotopic (exact) mass is 564 g/mol. The van der Waals surface area contributed by atoms with Crippen LogP contribution >= 0.6 is 0 Å². The summed E-state index contributed by atoms with van der Waals surface area (Å²) in [6.07, 6.45) is 1.20. The SMILES string of the molecule is C[C@H]1C2N(C(=O)NCc3ccccc3)NCC(=O)N2[C@@H](Cc2ccc(O)cc2)C(=O)N1Cc1cccc2cccnc12. The van der Waals surface area contributed by atoms with Gasteiger partial charge < -0.3 is 20.2 Å². The summed E-state index contributed by atoms with van der Waals surface area (Å²) >= 11 is 0. The molecule has 1 unspecified atom stereocenters. The number of amides is 4. The Balaban J connectivity index is 1.35. The lowest BCUT2D eigenvalue weighted by Crippen LogP contribution is -2.78. The van der Waals surface area contributed by atoms with Crippen LogP contribution in [0.2, 0.25) is 0 Å². The van der Waals surface area contributed by atoms with E-state index in [0.717, 1.165) is 27.6 Å². The fourth-order valence-corrected chi connectivity index (χ4v) is 5.88. The summed E-state index contributed by atoms with van der Waals surface area (Å²) in [7, 11) is 0. The third kappa shape index (κ3) is 5.24. The van der Waals surface area contributed by atoms with Crippen LogP contribution in [0.25, 0.3) is 10.9 Å². The van der Waals surface area contributed by atoms with Crippen LogP contribution in [0.4, 0.5) is 4.79 Å². The normalized spacial score (nSPS) is 20.5. The van der Waals surface area contributed by atoms with Gasteiger partial charge in [-0.2, -0.15) is 0 Å². The van der Waals surface area contributed by atoms with E-state index in [1.54, 1.807) is 40.3 Å². The molecule has 2 aliphatic rings. The zero-order valence-electron chi connectivity index (χ0n) is 23.2. The molecule has 6 rings (SSSR count). The van der Waals surface area contributed by atoms with Gasteiger partial charge in [0, 0.05) is 31.1 Å². The zero-order valence-corrected chi connectivity index (χ0v) is 23.2. The standard InChI is InChI=1S/C32H32N6O4/c1-21-30-37(28(40)19-35-38(30)32(42)34-18-23-7-3-2-4-8-23)27(17-22-12-14-26(39)15-13-22)31(41)36(21)20-25-10-5-9-24-11-6-16-33-29(24)25/h2-16,21,27,30,35,39H,17-20H2,1H3,(H,34,42)/t21-,27-,30?/m0/s1. The van der Waals surface area contributed by atoms with Gasteiger partial charge in [0.1, 0.15) is 18.0 Å². The largest absolute Gasteiger partial charge is 0.508 e. The minimum Gasteiger partial charge on any atom is -0.508 e. The Morgan fingerprint density at radius 2 is 1.74 bits per heavy atom. The van der Waals surface area contributed by atoms with Gasteiger partial charge in [0.25, 0.3) is 0 Å². The molecule has 4 amide bonds. The highest BCUT2D eigenvalue weighted by Crippen LogP contribution is 2.31. The van der Waals surface area contributed by atoms with Crippen LogP contribution in [-0.4, -0.2) is 67.5 Å². The second kappa shape index (κ2) is 11.5. The van der Waals surface area contributed by atoms with E-state index in [9.17, 15) is 19.5 Å². The first-order valence-corrected chi connectivity index (χ1v) is 14.0. The third-order valence-corrected chi connectivity index (χ3v) is 7.99. The Bertz CT molecular complexity index is 1610. The molecule has 3 atom stereocenters. The van der Waals surface area contributed by atoms with Crippen LogP contribution in [-0.2, 0) is 29.1 Å². The molecule has 2 saturated heterocycles. The van der Waals surface area contributed by atoms with Crippen molar-refractivity contribution < 1.29 is 19.5 Å². The minimum atomic E-state index is -0.849. The summed E-state index contributed by atoms with van der Waals surface area (Å²) in [5.74, 6) is -0.355. The van der Waals surface area contributed by atoms with Crippen LogP contribution in [0.1, 0.15) is 23.6 Å². The summed E-state index contributed by atoms with van der Waals surface area (Å²) in [6.45, 7) is 2.32. The van der Waals surface area contributed by atoms with Crippen LogP contribution in [0, 0.1) is 0 Å². The Kier molecular flexibility index (Phi) is 7.45. The summed E-state index contributed by atoms with van der Waals surface area (Å²) in [4.78, 5) is 49.1. The smallest absolute Gasteiger partial charge is 0.334 e. The van der Waals surface area contributed by atoms with Gasteiger partial charge in [-0.1, -0.05) is 66.7 Å². The number of carbonyl (C=O) groups is 3. The molecule has 10 heteroatoms. The Hall–Kier alpha value is -4.96. The van der Waals surface area contributed by atoms with Crippen LogP contribution < -0.4 is 10.7 Å². The van der Waals surface area contributed by atoms with Gasteiger partial charge in [0.05, 0.1) is 18.1 Å². The molecule has 0 spiro atoms. The van der Waals surface area contributed by atoms with Crippen molar-refractivity contribution in [2.75, 3.05) is 6.54 Å². The number of benzene rings is 3. The van der Waals surface area contributed by atoms with Gasteiger partial charge in [-0.15, -0.1) is 0 Å². The highest BCUT2D eigenvalue weighted by Gasteiger charge is 2.52. The fourth-order valence-electron chi connectivity index (χ4n) is 5.88. The highest BCUT2D eigenvalue weighted by atomic mass is 16.3. The summed E-state index contributed by atoms with van der Waals surface area (Å²) < 4.78 is 0. The van der Waals surface area contributed by atoms with E-state index in [2.05, 4.69) is 15.7 Å². The molecule has 42 heavy (non-hydrogen) atoms. The van der Waals surface area contributed by atoms with Crippen LogP contribution in [0.15, 0.2) is 91.1 Å². The van der Waals surface area contributed by atoms with E-state index in [1.807, 2.05) is 67.6 Å². The third-order valence-electron chi connectivity index (χ3n) is 7.99. The number of para-hydroxylation sites is 1. The number of rotatable bonds is 6. The molecule has 0 saturated carbocycles. The number of phenols is 1. The Morgan fingerprint density at radius 3 is 2.52 bits per heavy atom. The number of aromatic hydroxyl groups is 1. The molecule has 10 nitrogen and oxygen atoms in total. The number of hydrogen-bond donors (Lipinski definition) is 3. The molecule has 0 aliphatic carbocycles.